The largest absolute Gasteiger partial charge is 0.381 e. The Bertz CT molecular complexity index is 222. The predicted octanol–water partition coefficient (Wildman–Crippen LogP) is 1.86. The van der Waals surface area contributed by atoms with E-state index in [-0.39, 0.29) is 0 Å². The van der Waals surface area contributed by atoms with Crippen LogP contribution < -0.4 is 5.73 Å². The van der Waals surface area contributed by atoms with Crippen molar-refractivity contribution in [2.45, 2.75) is 51.6 Å². The Kier molecular flexibility index (Phi) is 4.83. The number of hydrogen-bond donors (Lipinski definition) is 1. The third-order valence-electron chi connectivity index (χ3n) is 4.07. The predicted molar refractivity (Wildman–Crippen MR) is 71.0 cm³/mol. The summed E-state index contributed by atoms with van der Waals surface area (Å²) in [7, 11) is 0. The molecule has 1 unspecified atom stereocenters. The average Bonchev–Trinajstić information content (AvgIpc) is 3.13. The summed E-state index contributed by atoms with van der Waals surface area (Å²) >= 11 is 0. The van der Waals surface area contributed by atoms with Gasteiger partial charge in [0.05, 0.1) is 0 Å². The number of nitrogens with two attached hydrogens (primary N) is 1. The molecule has 100 valence electrons. The van der Waals surface area contributed by atoms with Crippen molar-refractivity contribution in [1.82, 2.24) is 4.90 Å². The van der Waals surface area contributed by atoms with Gasteiger partial charge in [-0.3, -0.25) is 4.90 Å². The summed E-state index contributed by atoms with van der Waals surface area (Å²) in [6.07, 6.45) is 5.16. The molecule has 1 heterocycles. The first-order valence-electron chi connectivity index (χ1n) is 7.26. The van der Waals surface area contributed by atoms with Crippen molar-refractivity contribution in [1.29, 1.82) is 0 Å². The molecule has 3 nitrogen and oxygen atoms in total. The highest BCUT2D eigenvalue weighted by Gasteiger charge is 2.37. The van der Waals surface area contributed by atoms with E-state index in [1.54, 1.807) is 0 Å². The van der Waals surface area contributed by atoms with Gasteiger partial charge in [-0.25, -0.2) is 0 Å². The maximum atomic E-state index is 6.06. The Morgan fingerprint density at radius 1 is 1.18 bits per heavy atom. The summed E-state index contributed by atoms with van der Waals surface area (Å²) in [5.74, 6) is 1.50. The highest BCUT2D eigenvalue weighted by atomic mass is 16.5. The molecule has 3 heteroatoms. The van der Waals surface area contributed by atoms with Gasteiger partial charge in [0.1, 0.15) is 0 Å². The lowest BCUT2D eigenvalue weighted by atomic mass is 9.90. The van der Waals surface area contributed by atoms with Crippen LogP contribution in [0.4, 0.5) is 0 Å². The van der Waals surface area contributed by atoms with Crippen LogP contribution in [0.2, 0.25) is 0 Å². The SMILES string of the molecule is CC(C)CN(C1CC1)C(CN)C1CCOCC1. The first kappa shape index (κ1) is 13.3. The molecular formula is C14H28N2O. The lowest BCUT2D eigenvalue weighted by Crippen LogP contribution is -2.49. The third kappa shape index (κ3) is 3.67. The Balaban J connectivity index is 1.96. The van der Waals surface area contributed by atoms with Gasteiger partial charge in [0.2, 0.25) is 0 Å². The van der Waals surface area contributed by atoms with Crippen LogP contribution in [0.3, 0.4) is 0 Å². The van der Waals surface area contributed by atoms with E-state index in [1.807, 2.05) is 0 Å². The van der Waals surface area contributed by atoms with E-state index in [0.29, 0.717) is 6.04 Å². The molecule has 1 atom stereocenters. The molecule has 2 rings (SSSR count). The van der Waals surface area contributed by atoms with Gasteiger partial charge < -0.3 is 10.5 Å². The Labute approximate surface area is 106 Å². The smallest absolute Gasteiger partial charge is 0.0469 e. The Hall–Kier alpha value is -0.120. The first-order chi connectivity index (χ1) is 8.22. The van der Waals surface area contributed by atoms with Gasteiger partial charge in [-0.05, 0) is 37.5 Å². The molecule has 1 saturated carbocycles. The molecule has 0 radical (unpaired) electrons. The summed E-state index contributed by atoms with van der Waals surface area (Å²) in [5.41, 5.74) is 6.06. The number of rotatable bonds is 6. The van der Waals surface area contributed by atoms with Crippen molar-refractivity contribution >= 4 is 0 Å². The fourth-order valence-electron chi connectivity index (χ4n) is 3.08. The molecule has 17 heavy (non-hydrogen) atoms. The van der Waals surface area contributed by atoms with Crippen LogP contribution in [0.1, 0.15) is 39.5 Å². The molecule has 0 amide bonds. The molecule has 0 bridgehead atoms. The van der Waals surface area contributed by atoms with Crippen molar-refractivity contribution in [3.8, 4) is 0 Å². The zero-order chi connectivity index (χ0) is 12.3. The van der Waals surface area contributed by atoms with Crippen LogP contribution in [0.25, 0.3) is 0 Å². The fourth-order valence-corrected chi connectivity index (χ4v) is 3.08. The topological polar surface area (TPSA) is 38.5 Å². The zero-order valence-electron chi connectivity index (χ0n) is 11.4. The minimum Gasteiger partial charge on any atom is -0.381 e. The molecule has 1 saturated heterocycles. The number of hydrogen-bond acceptors (Lipinski definition) is 3. The van der Waals surface area contributed by atoms with E-state index in [4.69, 9.17) is 10.5 Å². The van der Waals surface area contributed by atoms with Crippen molar-refractivity contribution in [3.05, 3.63) is 0 Å². The fraction of sp³-hybridized carbons (Fsp3) is 1.00. The molecule has 2 N–H and O–H groups in total. The summed E-state index contributed by atoms with van der Waals surface area (Å²) in [6, 6.07) is 1.42. The summed E-state index contributed by atoms with van der Waals surface area (Å²) in [6.45, 7) is 8.51. The van der Waals surface area contributed by atoms with Crippen molar-refractivity contribution in [2.75, 3.05) is 26.3 Å². The normalized spacial score (nSPS) is 24.5. The summed E-state index contributed by atoms with van der Waals surface area (Å²) in [5, 5.41) is 0. The van der Waals surface area contributed by atoms with Crippen LogP contribution in [-0.4, -0.2) is 43.3 Å². The minimum absolute atomic E-state index is 0.591. The van der Waals surface area contributed by atoms with Gasteiger partial charge in [0.15, 0.2) is 0 Å². The lowest BCUT2D eigenvalue weighted by Gasteiger charge is -2.39. The standard InChI is InChI=1S/C14H28N2O/c1-11(2)10-16(13-3-4-13)14(9-15)12-5-7-17-8-6-12/h11-14H,3-10,15H2,1-2H3. The molecule has 0 aromatic heterocycles. The van der Waals surface area contributed by atoms with E-state index in [0.717, 1.165) is 37.6 Å². The quantitative estimate of drug-likeness (QED) is 0.770. The zero-order valence-corrected chi connectivity index (χ0v) is 11.4. The average molecular weight is 240 g/mol. The highest BCUT2D eigenvalue weighted by Crippen LogP contribution is 2.33. The van der Waals surface area contributed by atoms with Crippen molar-refractivity contribution in [3.63, 3.8) is 0 Å². The number of ether oxygens (including phenoxy) is 1. The minimum atomic E-state index is 0.591. The van der Waals surface area contributed by atoms with Crippen LogP contribution in [-0.2, 0) is 4.74 Å². The first-order valence-corrected chi connectivity index (χ1v) is 7.26. The highest BCUT2D eigenvalue weighted by molar-refractivity contribution is 4.92. The summed E-state index contributed by atoms with van der Waals surface area (Å²) in [4.78, 5) is 2.71. The molecular weight excluding hydrogens is 212 g/mol. The van der Waals surface area contributed by atoms with Gasteiger partial charge in [-0.2, -0.15) is 0 Å². The van der Waals surface area contributed by atoms with Gasteiger partial charge in [0, 0.05) is 38.4 Å². The summed E-state index contributed by atoms with van der Waals surface area (Å²) < 4.78 is 5.47. The van der Waals surface area contributed by atoms with E-state index in [1.165, 1.54) is 32.2 Å². The molecule has 2 aliphatic rings. The molecule has 1 aliphatic carbocycles. The van der Waals surface area contributed by atoms with Crippen molar-refractivity contribution < 1.29 is 4.74 Å². The third-order valence-corrected chi connectivity index (χ3v) is 4.07. The second-order valence-corrected chi connectivity index (χ2v) is 6.07. The van der Waals surface area contributed by atoms with Crippen LogP contribution in [0.15, 0.2) is 0 Å². The second kappa shape index (κ2) is 6.17. The monoisotopic (exact) mass is 240 g/mol. The van der Waals surface area contributed by atoms with Crippen LogP contribution in [0.5, 0.6) is 0 Å². The van der Waals surface area contributed by atoms with Crippen LogP contribution >= 0.6 is 0 Å². The second-order valence-electron chi connectivity index (χ2n) is 6.07. The maximum absolute atomic E-state index is 6.06. The van der Waals surface area contributed by atoms with Crippen molar-refractivity contribution in [2.24, 2.45) is 17.6 Å². The Morgan fingerprint density at radius 2 is 1.82 bits per heavy atom. The maximum Gasteiger partial charge on any atom is 0.0469 e. The number of nitrogens with zero attached hydrogens (tertiary/aromatic N) is 1. The van der Waals surface area contributed by atoms with Gasteiger partial charge >= 0.3 is 0 Å². The van der Waals surface area contributed by atoms with Gasteiger partial charge in [-0.15, -0.1) is 0 Å². The molecule has 0 aromatic carbocycles. The van der Waals surface area contributed by atoms with E-state index >= 15 is 0 Å². The van der Waals surface area contributed by atoms with E-state index in [2.05, 4.69) is 18.7 Å². The van der Waals surface area contributed by atoms with E-state index in [9.17, 15) is 0 Å². The van der Waals surface area contributed by atoms with Gasteiger partial charge in [-0.1, -0.05) is 13.8 Å². The lowest BCUT2D eigenvalue weighted by molar-refractivity contribution is 0.0220. The van der Waals surface area contributed by atoms with Crippen LogP contribution in [0, 0.1) is 11.8 Å². The van der Waals surface area contributed by atoms with E-state index < -0.39 is 0 Å². The molecule has 0 spiro atoms. The molecule has 2 fully saturated rings. The Morgan fingerprint density at radius 3 is 2.29 bits per heavy atom. The van der Waals surface area contributed by atoms with Gasteiger partial charge in [0.25, 0.3) is 0 Å². The molecule has 0 aromatic rings. The molecule has 1 aliphatic heterocycles.